The number of pyridine rings is 1. The lowest BCUT2D eigenvalue weighted by molar-refractivity contribution is 0.649. The Balaban J connectivity index is 2.08. The van der Waals surface area contributed by atoms with Gasteiger partial charge in [0.05, 0.1) is 5.69 Å². The maximum Gasteiger partial charge on any atom is 0.250 e. The summed E-state index contributed by atoms with van der Waals surface area (Å²) in [4.78, 5) is 11.5. The van der Waals surface area contributed by atoms with Crippen molar-refractivity contribution < 1.29 is 0 Å². The van der Waals surface area contributed by atoms with Gasteiger partial charge in [0, 0.05) is 24.8 Å². The van der Waals surface area contributed by atoms with Crippen molar-refractivity contribution in [1.29, 1.82) is 0 Å². The van der Waals surface area contributed by atoms with E-state index in [4.69, 9.17) is 0 Å². The summed E-state index contributed by atoms with van der Waals surface area (Å²) in [6.07, 6.45) is 5.60. The fourth-order valence-corrected chi connectivity index (χ4v) is 2.01. The van der Waals surface area contributed by atoms with Crippen LogP contribution in [-0.4, -0.2) is 10.6 Å². The number of aromatic nitrogens is 1. The standard InChI is InChI=1S/C13H20N2O/c1-3-8-15-9-12(6-7-13(15)16)14-10(2)11-4-5-11/h6-7,9-11,14H,3-5,8H2,1-2H3. The second-order valence-electron chi connectivity index (χ2n) is 4.72. The van der Waals surface area contributed by atoms with Crippen LogP contribution >= 0.6 is 0 Å². The molecule has 1 aromatic heterocycles. The highest BCUT2D eigenvalue weighted by atomic mass is 16.1. The molecule has 88 valence electrons. The summed E-state index contributed by atoms with van der Waals surface area (Å²) in [7, 11) is 0. The molecule has 1 atom stereocenters. The van der Waals surface area contributed by atoms with Gasteiger partial charge in [-0.1, -0.05) is 6.92 Å². The van der Waals surface area contributed by atoms with Gasteiger partial charge in [-0.15, -0.1) is 0 Å². The van der Waals surface area contributed by atoms with Gasteiger partial charge in [0.2, 0.25) is 0 Å². The summed E-state index contributed by atoms with van der Waals surface area (Å²) in [5.41, 5.74) is 1.15. The lowest BCUT2D eigenvalue weighted by Gasteiger charge is -2.15. The summed E-state index contributed by atoms with van der Waals surface area (Å²) in [5, 5.41) is 3.47. The molecule has 1 unspecified atom stereocenters. The van der Waals surface area contributed by atoms with E-state index in [1.807, 2.05) is 12.3 Å². The molecule has 1 aliphatic carbocycles. The fraction of sp³-hybridized carbons (Fsp3) is 0.615. The smallest absolute Gasteiger partial charge is 0.250 e. The Labute approximate surface area is 96.5 Å². The summed E-state index contributed by atoms with van der Waals surface area (Å²) >= 11 is 0. The van der Waals surface area contributed by atoms with Crippen LogP contribution in [0.15, 0.2) is 23.1 Å². The van der Waals surface area contributed by atoms with Crippen LogP contribution in [0.4, 0.5) is 5.69 Å². The van der Waals surface area contributed by atoms with Gasteiger partial charge in [0.15, 0.2) is 0 Å². The molecule has 0 amide bonds. The van der Waals surface area contributed by atoms with Gasteiger partial charge in [-0.2, -0.15) is 0 Å². The molecule has 1 N–H and O–H groups in total. The van der Waals surface area contributed by atoms with Crippen LogP contribution in [0.2, 0.25) is 0 Å². The monoisotopic (exact) mass is 220 g/mol. The fourth-order valence-electron chi connectivity index (χ4n) is 2.01. The van der Waals surface area contributed by atoms with Crippen molar-refractivity contribution in [2.45, 2.75) is 45.7 Å². The highest BCUT2D eigenvalue weighted by Gasteiger charge is 2.27. The Hall–Kier alpha value is -1.25. The minimum absolute atomic E-state index is 0.0893. The van der Waals surface area contributed by atoms with E-state index in [9.17, 15) is 4.79 Å². The van der Waals surface area contributed by atoms with Gasteiger partial charge in [-0.3, -0.25) is 4.79 Å². The largest absolute Gasteiger partial charge is 0.381 e. The van der Waals surface area contributed by atoms with E-state index >= 15 is 0 Å². The maximum absolute atomic E-state index is 11.5. The quantitative estimate of drug-likeness (QED) is 0.827. The Morgan fingerprint density at radius 1 is 1.50 bits per heavy atom. The number of rotatable bonds is 5. The Bertz CT molecular complexity index is 407. The first-order valence-electron chi connectivity index (χ1n) is 6.17. The summed E-state index contributed by atoms with van der Waals surface area (Å²) < 4.78 is 1.78. The second kappa shape index (κ2) is 4.73. The van der Waals surface area contributed by atoms with Crippen LogP contribution in [0, 0.1) is 5.92 Å². The zero-order valence-electron chi connectivity index (χ0n) is 10.1. The second-order valence-corrected chi connectivity index (χ2v) is 4.72. The first-order valence-corrected chi connectivity index (χ1v) is 6.17. The SMILES string of the molecule is CCCn1cc(NC(C)C2CC2)ccc1=O. The molecule has 1 saturated carbocycles. The third-order valence-corrected chi connectivity index (χ3v) is 3.17. The normalized spacial score (nSPS) is 17.1. The first kappa shape index (κ1) is 11.2. The molecule has 3 heteroatoms. The molecule has 0 saturated heterocycles. The molecule has 3 nitrogen and oxygen atoms in total. The summed E-state index contributed by atoms with van der Waals surface area (Å²) in [6.45, 7) is 5.10. The average Bonchev–Trinajstić information content (AvgIpc) is 3.07. The summed E-state index contributed by atoms with van der Waals surface area (Å²) in [5.74, 6) is 0.826. The van der Waals surface area contributed by atoms with Crippen LogP contribution in [0.5, 0.6) is 0 Å². The highest BCUT2D eigenvalue weighted by molar-refractivity contribution is 5.41. The number of hydrogen-bond acceptors (Lipinski definition) is 2. The molecule has 0 radical (unpaired) electrons. The molecule has 1 heterocycles. The van der Waals surface area contributed by atoms with Crippen molar-refractivity contribution in [3.63, 3.8) is 0 Å². The molecule has 16 heavy (non-hydrogen) atoms. The minimum atomic E-state index is 0.0893. The first-order chi connectivity index (χ1) is 7.70. The number of nitrogens with one attached hydrogen (secondary N) is 1. The highest BCUT2D eigenvalue weighted by Crippen LogP contribution is 2.33. The van der Waals surface area contributed by atoms with E-state index < -0.39 is 0 Å². The van der Waals surface area contributed by atoms with Crippen molar-refractivity contribution in [3.8, 4) is 0 Å². The third kappa shape index (κ3) is 2.65. The lowest BCUT2D eigenvalue weighted by atomic mass is 10.2. The van der Waals surface area contributed by atoms with E-state index in [1.165, 1.54) is 12.8 Å². The lowest BCUT2D eigenvalue weighted by Crippen LogP contribution is -2.22. The Morgan fingerprint density at radius 2 is 2.25 bits per heavy atom. The third-order valence-electron chi connectivity index (χ3n) is 3.17. The predicted octanol–water partition coefficient (Wildman–Crippen LogP) is 2.47. The van der Waals surface area contributed by atoms with Crippen LogP contribution in [0.3, 0.4) is 0 Å². The Kier molecular flexibility index (Phi) is 3.32. The van der Waals surface area contributed by atoms with Crippen LogP contribution in [0.25, 0.3) is 0 Å². The van der Waals surface area contributed by atoms with Crippen LogP contribution in [0.1, 0.15) is 33.1 Å². The van der Waals surface area contributed by atoms with Gasteiger partial charge in [0.25, 0.3) is 5.56 Å². The molecule has 0 spiro atoms. The average molecular weight is 220 g/mol. The van der Waals surface area contributed by atoms with Crippen molar-refractivity contribution in [3.05, 3.63) is 28.7 Å². The van der Waals surface area contributed by atoms with Crippen molar-refractivity contribution in [2.75, 3.05) is 5.32 Å². The van der Waals surface area contributed by atoms with Crippen molar-refractivity contribution >= 4 is 5.69 Å². The number of hydrogen-bond donors (Lipinski definition) is 1. The van der Waals surface area contributed by atoms with E-state index in [1.54, 1.807) is 10.6 Å². The van der Waals surface area contributed by atoms with Crippen LogP contribution in [-0.2, 0) is 6.54 Å². The molecule has 2 rings (SSSR count). The number of nitrogens with zero attached hydrogens (tertiary/aromatic N) is 1. The van der Waals surface area contributed by atoms with Gasteiger partial charge in [0.1, 0.15) is 0 Å². The van der Waals surface area contributed by atoms with Crippen molar-refractivity contribution in [1.82, 2.24) is 4.57 Å². The maximum atomic E-state index is 11.5. The molecular weight excluding hydrogens is 200 g/mol. The molecule has 1 aliphatic rings. The van der Waals surface area contributed by atoms with Crippen LogP contribution < -0.4 is 10.9 Å². The topological polar surface area (TPSA) is 34.0 Å². The molecule has 1 aromatic rings. The molecule has 1 fully saturated rings. The van der Waals surface area contributed by atoms with E-state index in [0.29, 0.717) is 6.04 Å². The van der Waals surface area contributed by atoms with E-state index in [-0.39, 0.29) is 5.56 Å². The summed E-state index contributed by atoms with van der Waals surface area (Å²) in [6, 6.07) is 4.05. The minimum Gasteiger partial charge on any atom is -0.381 e. The molecular formula is C13H20N2O. The van der Waals surface area contributed by atoms with Crippen molar-refractivity contribution in [2.24, 2.45) is 5.92 Å². The number of anilines is 1. The predicted molar refractivity (Wildman–Crippen MR) is 66.8 cm³/mol. The van der Waals surface area contributed by atoms with Gasteiger partial charge < -0.3 is 9.88 Å². The molecule has 0 aromatic carbocycles. The van der Waals surface area contributed by atoms with Gasteiger partial charge in [-0.05, 0) is 38.2 Å². The number of aryl methyl sites for hydroxylation is 1. The zero-order valence-corrected chi connectivity index (χ0v) is 10.1. The molecule has 0 bridgehead atoms. The van der Waals surface area contributed by atoms with E-state index in [2.05, 4.69) is 19.2 Å². The van der Waals surface area contributed by atoms with E-state index in [0.717, 1.165) is 24.6 Å². The van der Waals surface area contributed by atoms with Gasteiger partial charge >= 0.3 is 0 Å². The zero-order chi connectivity index (χ0) is 11.5. The Morgan fingerprint density at radius 3 is 2.88 bits per heavy atom. The van der Waals surface area contributed by atoms with Gasteiger partial charge in [-0.25, -0.2) is 0 Å². The molecule has 0 aliphatic heterocycles.